The summed E-state index contributed by atoms with van der Waals surface area (Å²) < 4.78 is 105. The van der Waals surface area contributed by atoms with Gasteiger partial charge in [-0.05, 0) is 10.8 Å². The maximum absolute atomic E-state index is 13.9. The fourth-order valence-corrected chi connectivity index (χ4v) is 1.98. The first-order chi connectivity index (χ1) is 10.0. The van der Waals surface area contributed by atoms with E-state index in [4.69, 9.17) is 0 Å². The average molecular weight is 327 g/mol. The van der Waals surface area contributed by atoms with Crippen LogP contribution in [-0.2, 0) is 5.92 Å². The summed E-state index contributed by atoms with van der Waals surface area (Å²) in [6.45, 7) is 0. The third-order valence-electron chi connectivity index (χ3n) is 3.15. The molecule has 0 bridgehead atoms. The van der Waals surface area contributed by atoms with Gasteiger partial charge in [0, 0.05) is 5.56 Å². The summed E-state index contributed by atoms with van der Waals surface area (Å²) in [7, 11) is 0. The van der Waals surface area contributed by atoms with Gasteiger partial charge in [-0.2, -0.15) is 35.1 Å². The summed E-state index contributed by atoms with van der Waals surface area (Å²) in [6, 6.07) is 7.73. The van der Waals surface area contributed by atoms with Crippen molar-refractivity contribution in [1.82, 2.24) is 0 Å². The van der Waals surface area contributed by atoms with Crippen molar-refractivity contribution >= 4 is 10.8 Å². The fourth-order valence-electron chi connectivity index (χ4n) is 1.98. The van der Waals surface area contributed by atoms with E-state index in [9.17, 15) is 35.1 Å². The molecule has 22 heavy (non-hydrogen) atoms. The van der Waals surface area contributed by atoms with E-state index in [0.717, 1.165) is 12.1 Å². The van der Waals surface area contributed by atoms with E-state index in [-0.39, 0.29) is 5.39 Å². The highest BCUT2D eigenvalue weighted by atomic mass is 19.4. The van der Waals surface area contributed by atoms with Crippen LogP contribution in [0.3, 0.4) is 0 Å². The Balaban J connectivity index is 2.67. The number of fused-ring (bicyclic) bond motifs is 1. The van der Waals surface area contributed by atoms with Crippen LogP contribution in [0, 0.1) is 6.43 Å². The van der Waals surface area contributed by atoms with Crippen molar-refractivity contribution in [3.05, 3.63) is 54.5 Å². The number of alkyl halides is 6. The Kier molecular flexibility index (Phi) is 3.83. The predicted octanol–water partition coefficient (Wildman–Crippen LogP) is 5.63. The maximum Gasteiger partial charge on any atom is 0.385 e. The van der Waals surface area contributed by atoms with Crippen molar-refractivity contribution in [2.75, 3.05) is 0 Å². The van der Waals surface area contributed by atoms with Crippen molar-refractivity contribution in [3.63, 3.8) is 0 Å². The van der Waals surface area contributed by atoms with Crippen molar-refractivity contribution < 1.29 is 35.1 Å². The van der Waals surface area contributed by atoms with Crippen molar-refractivity contribution in [1.29, 1.82) is 0 Å². The standard InChI is InChI=1S/C14H7F8/c15-11(16)13(19,20)14(21,22)12(17,18)10-7-3-5-8-4-1-2-6-9(8)10/h1-7H. The minimum absolute atomic E-state index is 0.0866. The van der Waals surface area contributed by atoms with Gasteiger partial charge < -0.3 is 0 Å². The topological polar surface area (TPSA) is 0 Å². The Morgan fingerprint density at radius 3 is 1.86 bits per heavy atom. The third kappa shape index (κ3) is 2.21. The third-order valence-corrected chi connectivity index (χ3v) is 3.15. The van der Waals surface area contributed by atoms with Crippen LogP contribution in [0.4, 0.5) is 35.1 Å². The van der Waals surface area contributed by atoms with Gasteiger partial charge in [-0.15, -0.1) is 0 Å². The van der Waals surface area contributed by atoms with Crippen molar-refractivity contribution in [2.24, 2.45) is 0 Å². The number of hydrogen-bond acceptors (Lipinski definition) is 0. The van der Waals surface area contributed by atoms with Gasteiger partial charge in [-0.1, -0.05) is 42.5 Å². The monoisotopic (exact) mass is 327 g/mol. The lowest BCUT2D eigenvalue weighted by Crippen LogP contribution is -2.53. The van der Waals surface area contributed by atoms with Crippen LogP contribution in [-0.4, -0.2) is 11.8 Å². The molecule has 0 aliphatic carbocycles. The largest absolute Gasteiger partial charge is 0.385 e. The fraction of sp³-hybridized carbons (Fsp3) is 0.214. The lowest BCUT2D eigenvalue weighted by atomic mass is 9.93. The second kappa shape index (κ2) is 5.10. The highest BCUT2D eigenvalue weighted by Crippen LogP contribution is 2.55. The van der Waals surface area contributed by atoms with E-state index >= 15 is 0 Å². The maximum atomic E-state index is 13.9. The van der Waals surface area contributed by atoms with E-state index in [0.29, 0.717) is 6.07 Å². The van der Waals surface area contributed by atoms with Gasteiger partial charge in [0.15, 0.2) is 0 Å². The Morgan fingerprint density at radius 2 is 1.27 bits per heavy atom. The first-order valence-electron chi connectivity index (χ1n) is 5.83. The van der Waals surface area contributed by atoms with Gasteiger partial charge >= 0.3 is 24.2 Å². The molecule has 8 heteroatoms. The van der Waals surface area contributed by atoms with Crippen LogP contribution in [0.1, 0.15) is 5.56 Å². The molecule has 2 rings (SSSR count). The van der Waals surface area contributed by atoms with Gasteiger partial charge in [-0.25, -0.2) is 0 Å². The van der Waals surface area contributed by atoms with Crippen LogP contribution in [0.5, 0.6) is 0 Å². The Labute approximate surface area is 119 Å². The molecule has 0 aromatic heterocycles. The summed E-state index contributed by atoms with van der Waals surface area (Å²) >= 11 is 0. The van der Waals surface area contributed by atoms with Gasteiger partial charge in [0.05, 0.1) is 0 Å². The van der Waals surface area contributed by atoms with E-state index in [1.54, 1.807) is 0 Å². The second-order valence-corrected chi connectivity index (χ2v) is 4.51. The predicted molar refractivity (Wildman–Crippen MR) is 63.2 cm³/mol. The summed E-state index contributed by atoms with van der Waals surface area (Å²) in [5, 5.41) is -0.340. The van der Waals surface area contributed by atoms with Crippen LogP contribution >= 0.6 is 0 Å². The Morgan fingerprint density at radius 1 is 0.727 bits per heavy atom. The minimum atomic E-state index is -6.29. The van der Waals surface area contributed by atoms with E-state index in [2.05, 4.69) is 0 Å². The quantitative estimate of drug-likeness (QED) is 0.638. The average Bonchev–Trinajstić information content (AvgIpc) is 2.46. The van der Waals surface area contributed by atoms with Gasteiger partial charge in [0.2, 0.25) is 0 Å². The first-order valence-corrected chi connectivity index (χ1v) is 5.83. The molecule has 0 N–H and O–H groups in total. The number of hydrogen-bond donors (Lipinski definition) is 0. The number of benzene rings is 2. The molecule has 2 aromatic rings. The van der Waals surface area contributed by atoms with E-state index < -0.39 is 35.1 Å². The molecule has 0 fully saturated rings. The molecule has 0 heterocycles. The molecule has 0 saturated heterocycles. The molecule has 0 aliphatic rings. The molecule has 1 radical (unpaired) electrons. The molecule has 0 amide bonds. The normalized spacial score (nSPS) is 13.9. The minimum Gasteiger partial charge on any atom is -0.194 e. The second-order valence-electron chi connectivity index (χ2n) is 4.51. The van der Waals surface area contributed by atoms with Crippen LogP contribution in [0.25, 0.3) is 10.8 Å². The molecule has 2 aromatic carbocycles. The highest BCUT2D eigenvalue weighted by molar-refractivity contribution is 5.86. The van der Waals surface area contributed by atoms with E-state index in [1.165, 1.54) is 24.3 Å². The molecular formula is C14H7F8. The van der Waals surface area contributed by atoms with Gasteiger partial charge in [-0.3, -0.25) is 0 Å². The zero-order valence-electron chi connectivity index (χ0n) is 10.6. The molecule has 0 unspecified atom stereocenters. The summed E-state index contributed by atoms with van der Waals surface area (Å²) in [5.74, 6) is -18.0. The van der Waals surface area contributed by atoms with Gasteiger partial charge in [0.25, 0.3) is 0 Å². The number of rotatable bonds is 4. The van der Waals surface area contributed by atoms with Crippen molar-refractivity contribution in [3.8, 4) is 0 Å². The summed E-state index contributed by atoms with van der Waals surface area (Å²) in [4.78, 5) is 0. The van der Waals surface area contributed by atoms with Crippen LogP contribution in [0.15, 0.2) is 42.5 Å². The molecule has 119 valence electrons. The summed E-state index contributed by atoms with van der Waals surface area (Å²) in [6.07, 6.45) is -4.07. The van der Waals surface area contributed by atoms with Crippen LogP contribution in [0.2, 0.25) is 0 Å². The molecule has 0 atom stereocenters. The van der Waals surface area contributed by atoms with E-state index in [1.807, 2.05) is 0 Å². The SMILES string of the molecule is F[C](F)C(F)(F)C(F)(F)C(F)(F)c1cccc2ccccc12. The zero-order chi connectivity index (χ0) is 16.8. The van der Waals surface area contributed by atoms with Crippen molar-refractivity contribution in [2.45, 2.75) is 17.8 Å². The molecular weight excluding hydrogens is 320 g/mol. The molecule has 0 spiro atoms. The zero-order valence-corrected chi connectivity index (χ0v) is 10.6. The smallest absolute Gasteiger partial charge is 0.194 e. The Bertz CT molecular complexity index is 672. The summed E-state index contributed by atoms with van der Waals surface area (Å²) in [5.41, 5.74) is -1.45. The lowest BCUT2D eigenvalue weighted by Gasteiger charge is -2.32. The van der Waals surface area contributed by atoms with Crippen LogP contribution < -0.4 is 0 Å². The first kappa shape index (κ1) is 16.5. The van der Waals surface area contributed by atoms with Gasteiger partial charge in [0.1, 0.15) is 0 Å². The number of halogens is 8. The molecule has 0 aliphatic heterocycles. The Hall–Kier alpha value is -1.86. The lowest BCUT2D eigenvalue weighted by molar-refractivity contribution is -0.322. The molecule has 0 saturated carbocycles. The molecule has 0 nitrogen and oxygen atoms in total. The highest BCUT2D eigenvalue weighted by Gasteiger charge is 2.76.